The Labute approximate surface area is 97.3 Å². The zero-order valence-corrected chi connectivity index (χ0v) is 9.20. The molecule has 2 aromatic heterocycles. The van der Waals surface area contributed by atoms with Crippen molar-refractivity contribution < 1.29 is 0 Å². The number of hydrogen-bond donors (Lipinski definition) is 1. The number of fused-ring (bicyclic) bond motifs is 1. The first kappa shape index (κ1) is 9.71. The summed E-state index contributed by atoms with van der Waals surface area (Å²) in [6.45, 7) is 1.91. The fraction of sp³-hybridized carbons (Fsp3) is 0.0909. The number of aromatic nitrogens is 5. The molecule has 1 N–H and O–H groups in total. The molecule has 0 unspecified atom stereocenters. The first-order valence-corrected chi connectivity index (χ1v) is 5.21. The average Bonchev–Trinajstić information content (AvgIpc) is 2.78. The quantitative estimate of drug-likeness (QED) is 0.718. The van der Waals surface area contributed by atoms with Gasteiger partial charge in [-0.05, 0) is 29.5 Å². The summed E-state index contributed by atoms with van der Waals surface area (Å²) in [5.41, 5.74) is 1.85. The van der Waals surface area contributed by atoms with Crippen LogP contribution in [0.1, 0.15) is 5.69 Å². The number of aryl methyl sites for hydroxylation is 1. The molecule has 17 heavy (non-hydrogen) atoms. The van der Waals surface area contributed by atoms with E-state index in [0.717, 1.165) is 17.2 Å². The molecular formula is C11H10N6. The minimum atomic E-state index is 0.489. The van der Waals surface area contributed by atoms with Crippen LogP contribution in [0.5, 0.6) is 0 Å². The van der Waals surface area contributed by atoms with Gasteiger partial charge in [-0.25, -0.2) is 4.98 Å². The van der Waals surface area contributed by atoms with Crippen LogP contribution in [0.3, 0.4) is 0 Å². The van der Waals surface area contributed by atoms with Gasteiger partial charge in [0.05, 0.1) is 0 Å². The summed E-state index contributed by atoms with van der Waals surface area (Å²) < 4.78 is 1.57. The Morgan fingerprint density at radius 3 is 2.82 bits per heavy atom. The largest absolute Gasteiger partial charge is 0.340 e. The number of benzene rings is 1. The maximum Gasteiger partial charge on any atom is 0.275 e. The third kappa shape index (κ3) is 1.80. The fourth-order valence-corrected chi connectivity index (χ4v) is 1.62. The van der Waals surface area contributed by atoms with Crippen LogP contribution in [0.4, 0.5) is 11.5 Å². The van der Waals surface area contributed by atoms with Gasteiger partial charge in [0.25, 0.3) is 5.78 Å². The minimum absolute atomic E-state index is 0.489. The van der Waals surface area contributed by atoms with Gasteiger partial charge < -0.3 is 5.32 Å². The highest BCUT2D eigenvalue weighted by Gasteiger charge is 2.06. The normalized spacial score (nSPS) is 10.6. The predicted molar refractivity (Wildman–Crippen MR) is 63.0 cm³/mol. The van der Waals surface area contributed by atoms with Crippen molar-refractivity contribution in [2.45, 2.75) is 6.92 Å². The molecule has 0 aliphatic heterocycles. The summed E-state index contributed by atoms with van der Waals surface area (Å²) in [6.07, 6.45) is 0. The summed E-state index contributed by atoms with van der Waals surface area (Å²) >= 11 is 0. The molecule has 0 fully saturated rings. The Kier molecular flexibility index (Phi) is 2.18. The molecule has 0 bridgehead atoms. The van der Waals surface area contributed by atoms with Crippen molar-refractivity contribution in [1.29, 1.82) is 0 Å². The summed E-state index contributed by atoms with van der Waals surface area (Å²) in [7, 11) is 0. The number of tetrazole rings is 1. The van der Waals surface area contributed by atoms with Gasteiger partial charge >= 0.3 is 0 Å². The summed E-state index contributed by atoms with van der Waals surface area (Å²) in [4.78, 5) is 4.22. The molecule has 0 atom stereocenters. The van der Waals surface area contributed by atoms with Crippen LogP contribution in [0.2, 0.25) is 0 Å². The molecule has 0 spiro atoms. The molecule has 0 saturated heterocycles. The lowest BCUT2D eigenvalue weighted by molar-refractivity contribution is 0.825. The zero-order chi connectivity index (χ0) is 11.7. The Hall–Kier alpha value is -2.50. The molecule has 6 nitrogen and oxygen atoms in total. The predicted octanol–water partition coefficient (Wildman–Crippen LogP) is 1.57. The third-order valence-electron chi connectivity index (χ3n) is 2.35. The lowest BCUT2D eigenvalue weighted by Crippen LogP contribution is -2.02. The van der Waals surface area contributed by atoms with Gasteiger partial charge in [0.1, 0.15) is 5.82 Å². The number of para-hydroxylation sites is 1. The Balaban J connectivity index is 2.08. The molecule has 2 heterocycles. The maximum absolute atomic E-state index is 4.22. The van der Waals surface area contributed by atoms with E-state index in [4.69, 9.17) is 0 Å². The molecule has 6 heteroatoms. The van der Waals surface area contributed by atoms with Gasteiger partial charge in [-0.1, -0.05) is 23.3 Å². The third-order valence-corrected chi connectivity index (χ3v) is 2.35. The summed E-state index contributed by atoms with van der Waals surface area (Å²) in [6, 6.07) is 11.8. The highest BCUT2D eigenvalue weighted by Crippen LogP contribution is 2.16. The van der Waals surface area contributed by atoms with Crippen LogP contribution < -0.4 is 5.32 Å². The zero-order valence-electron chi connectivity index (χ0n) is 9.20. The first-order valence-electron chi connectivity index (χ1n) is 5.21. The number of rotatable bonds is 2. The molecule has 3 aromatic rings. The van der Waals surface area contributed by atoms with Crippen molar-refractivity contribution in [2.75, 3.05) is 5.32 Å². The van der Waals surface area contributed by atoms with E-state index in [2.05, 4.69) is 25.8 Å². The van der Waals surface area contributed by atoms with Crippen molar-refractivity contribution in [3.63, 3.8) is 0 Å². The van der Waals surface area contributed by atoms with E-state index < -0.39 is 0 Å². The van der Waals surface area contributed by atoms with E-state index in [9.17, 15) is 0 Å². The van der Waals surface area contributed by atoms with Crippen LogP contribution >= 0.6 is 0 Å². The van der Waals surface area contributed by atoms with Gasteiger partial charge in [0, 0.05) is 17.4 Å². The molecule has 84 valence electrons. The average molecular weight is 226 g/mol. The molecular weight excluding hydrogens is 216 g/mol. The Morgan fingerprint density at radius 2 is 2.00 bits per heavy atom. The molecule has 0 aliphatic rings. The van der Waals surface area contributed by atoms with Crippen LogP contribution in [0.25, 0.3) is 5.78 Å². The van der Waals surface area contributed by atoms with Crippen molar-refractivity contribution in [3.8, 4) is 0 Å². The highest BCUT2D eigenvalue weighted by atomic mass is 15.5. The van der Waals surface area contributed by atoms with E-state index in [1.54, 1.807) is 4.52 Å². The van der Waals surface area contributed by atoms with E-state index in [-0.39, 0.29) is 0 Å². The summed E-state index contributed by atoms with van der Waals surface area (Å²) in [5, 5.41) is 14.6. The second-order valence-electron chi connectivity index (χ2n) is 3.66. The summed E-state index contributed by atoms with van der Waals surface area (Å²) in [5.74, 6) is 1.28. The monoisotopic (exact) mass is 226 g/mol. The molecule has 0 amide bonds. The first-order chi connectivity index (χ1) is 8.33. The minimum Gasteiger partial charge on any atom is -0.340 e. The Bertz CT molecular complexity index is 645. The van der Waals surface area contributed by atoms with E-state index in [1.807, 2.05) is 43.3 Å². The lowest BCUT2D eigenvalue weighted by atomic mass is 10.3. The van der Waals surface area contributed by atoms with Gasteiger partial charge in [0.15, 0.2) is 0 Å². The van der Waals surface area contributed by atoms with Gasteiger partial charge in [-0.15, -0.1) is 0 Å². The van der Waals surface area contributed by atoms with Crippen molar-refractivity contribution in [3.05, 3.63) is 42.1 Å². The highest BCUT2D eigenvalue weighted by molar-refractivity contribution is 5.58. The standard InChI is InChI=1S/C11H10N6/c1-8-7-10(13-9-5-3-2-4-6-9)17-11(12-8)14-15-16-17/h2-7,13H,1H3. The van der Waals surface area contributed by atoms with Gasteiger partial charge in [-0.2, -0.15) is 4.52 Å². The van der Waals surface area contributed by atoms with E-state index >= 15 is 0 Å². The second kappa shape index (κ2) is 3.82. The van der Waals surface area contributed by atoms with Crippen LogP contribution in [0.15, 0.2) is 36.4 Å². The number of hydrogen-bond acceptors (Lipinski definition) is 5. The SMILES string of the molecule is Cc1cc(Nc2ccccc2)n2nnnc2n1. The van der Waals surface area contributed by atoms with Gasteiger partial charge in [-0.3, -0.25) is 0 Å². The fourth-order valence-electron chi connectivity index (χ4n) is 1.62. The molecule has 3 rings (SSSR count). The Morgan fingerprint density at radius 1 is 1.18 bits per heavy atom. The van der Waals surface area contributed by atoms with Crippen molar-refractivity contribution in [2.24, 2.45) is 0 Å². The van der Waals surface area contributed by atoms with Gasteiger partial charge in [0.2, 0.25) is 0 Å². The lowest BCUT2D eigenvalue weighted by Gasteiger charge is -2.07. The van der Waals surface area contributed by atoms with Crippen LogP contribution in [-0.2, 0) is 0 Å². The maximum atomic E-state index is 4.22. The smallest absolute Gasteiger partial charge is 0.275 e. The topological polar surface area (TPSA) is 68.0 Å². The van der Waals surface area contributed by atoms with Crippen molar-refractivity contribution in [1.82, 2.24) is 25.0 Å². The van der Waals surface area contributed by atoms with Crippen LogP contribution in [0, 0.1) is 6.92 Å². The number of anilines is 2. The van der Waals surface area contributed by atoms with Crippen LogP contribution in [-0.4, -0.2) is 25.0 Å². The number of nitrogens with zero attached hydrogens (tertiary/aromatic N) is 5. The molecule has 0 aliphatic carbocycles. The molecule has 0 saturated carbocycles. The number of nitrogens with one attached hydrogen (secondary N) is 1. The van der Waals surface area contributed by atoms with E-state index in [1.165, 1.54) is 0 Å². The van der Waals surface area contributed by atoms with E-state index in [0.29, 0.717) is 5.78 Å². The van der Waals surface area contributed by atoms with Crippen molar-refractivity contribution >= 4 is 17.3 Å². The second-order valence-corrected chi connectivity index (χ2v) is 3.66. The molecule has 0 radical (unpaired) electrons. The molecule has 1 aromatic carbocycles.